The van der Waals surface area contributed by atoms with Crippen LogP contribution in [0.2, 0.25) is 0 Å². The fraction of sp³-hybridized carbons (Fsp3) is 0.100. The van der Waals surface area contributed by atoms with Crippen molar-refractivity contribution >= 4 is 27.1 Å². The van der Waals surface area contributed by atoms with Crippen molar-refractivity contribution in [2.75, 3.05) is 11.9 Å². The van der Waals surface area contributed by atoms with E-state index in [1.807, 2.05) is 23.6 Å². The molecule has 0 aliphatic carbocycles. The zero-order valence-electron chi connectivity index (χ0n) is 7.19. The molecule has 0 spiro atoms. The number of thiophene rings is 1. The second kappa shape index (κ2) is 3.08. The molecular weight excluding hydrogens is 180 g/mol. The highest BCUT2D eigenvalue weighted by Crippen LogP contribution is 2.31. The van der Waals surface area contributed by atoms with E-state index in [0.717, 1.165) is 11.1 Å². The summed E-state index contributed by atoms with van der Waals surface area (Å²) in [5.74, 6) is 0. The summed E-state index contributed by atoms with van der Waals surface area (Å²) in [5.41, 5.74) is 0.989. The Labute approximate surface area is 80.6 Å². The molecule has 0 unspecified atom stereocenters. The predicted octanol–water partition coefficient (Wildman–Crippen LogP) is 2.82. The maximum Gasteiger partial charge on any atom is 0.184 e. The summed E-state index contributed by atoms with van der Waals surface area (Å²) in [6.45, 7) is 0. The van der Waals surface area contributed by atoms with Gasteiger partial charge >= 0.3 is 0 Å². The van der Waals surface area contributed by atoms with E-state index in [0.29, 0.717) is 0 Å². The maximum absolute atomic E-state index is 8.75. The first-order valence-corrected chi connectivity index (χ1v) is 4.80. The number of nitriles is 1. The summed E-state index contributed by atoms with van der Waals surface area (Å²) >= 11 is 1.66. The van der Waals surface area contributed by atoms with Crippen molar-refractivity contribution in [1.29, 1.82) is 5.26 Å². The Morgan fingerprint density at radius 2 is 2.15 bits per heavy atom. The molecule has 0 saturated carbocycles. The van der Waals surface area contributed by atoms with Crippen molar-refractivity contribution in [3.63, 3.8) is 0 Å². The summed E-state index contributed by atoms with van der Waals surface area (Å²) in [5, 5.41) is 11.9. The largest absolute Gasteiger partial charge is 0.281 e. The maximum atomic E-state index is 8.75. The van der Waals surface area contributed by atoms with E-state index in [9.17, 15) is 0 Å². The Kier molecular flexibility index (Phi) is 1.91. The molecule has 1 aromatic carbocycles. The van der Waals surface area contributed by atoms with Crippen LogP contribution in [0.25, 0.3) is 10.1 Å². The van der Waals surface area contributed by atoms with Crippen LogP contribution in [0.15, 0.2) is 29.6 Å². The van der Waals surface area contributed by atoms with Crippen LogP contribution in [0.1, 0.15) is 0 Å². The lowest BCUT2D eigenvalue weighted by Crippen LogP contribution is -2.06. The molecule has 0 aliphatic heterocycles. The van der Waals surface area contributed by atoms with E-state index in [1.165, 1.54) is 4.70 Å². The third kappa shape index (κ3) is 1.25. The number of anilines is 1. The Balaban J connectivity index is 2.66. The molecule has 2 nitrogen and oxygen atoms in total. The molecule has 0 bridgehead atoms. The fourth-order valence-corrected chi connectivity index (χ4v) is 2.26. The lowest BCUT2D eigenvalue weighted by molar-refractivity contribution is 1.22. The van der Waals surface area contributed by atoms with Crippen molar-refractivity contribution < 1.29 is 0 Å². The van der Waals surface area contributed by atoms with Gasteiger partial charge in [0.25, 0.3) is 0 Å². The molecule has 1 aromatic heterocycles. The van der Waals surface area contributed by atoms with Gasteiger partial charge in [0.15, 0.2) is 6.19 Å². The van der Waals surface area contributed by atoms with Gasteiger partial charge in [-0.2, -0.15) is 5.26 Å². The summed E-state index contributed by atoms with van der Waals surface area (Å²) in [6.07, 6.45) is 2.10. The standard InChI is InChI=1S/C10H8N2S/c1-12(7-11)9-6-13-10-5-3-2-4-8(9)10/h2-6H,1H3. The monoisotopic (exact) mass is 188 g/mol. The van der Waals surface area contributed by atoms with Crippen molar-refractivity contribution in [3.8, 4) is 6.19 Å². The zero-order chi connectivity index (χ0) is 9.26. The SMILES string of the molecule is CN(C#N)c1csc2ccccc12. The van der Waals surface area contributed by atoms with Gasteiger partial charge in [0.05, 0.1) is 5.69 Å². The second-order valence-electron chi connectivity index (χ2n) is 2.78. The Morgan fingerprint density at radius 3 is 2.92 bits per heavy atom. The molecule has 13 heavy (non-hydrogen) atoms. The van der Waals surface area contributed by atoms with E-state index in [4.69, 9.17) is 5.26 Å². The van der Waals surface area contributed by atoms with E-state index in [2.05, 4.69) is 12.3 Å². The fourth-order valence-electron chi connectivity index (χ4n) is 1.28. The van der Waals surface area contributed by atoms with Gasteiger partial charge in [0.1, 0.15) is 0 Å². The number of hydrogen-bond donors (Lipinski definition) is 0. The molecule has 0 aliphatic rings. The molecule has 0 amide bonds. The van der Waals surface area contributed by atoms with Gasteiger partial charge in [-0.15, -0.1) is 11.3 Å². The summed E-state index contributed by atoms with van der Waals surface area (Å²) < 4.78 is 1.22. The molecule has 1 heterocycles. The zero-order valence-corrected chi connectivity index (χ0v) is 8.01. The molecule has 0 radical (unpaired) electrons. The minimum absolute atomic E-state index is 0.989. The van der Waals surface area contributed by atoms with Crippen LogP contribution in [-0.2, 0) is 0 Å². The third-order valence-electron chi connectivity index (χ3n) is 1.97. The highest BCUT2D eigenvalue weighted by molar-refractivity contribution is 7.17. The molecule has 2 aromatic rings. The quantitative estimate of drug-likeness (QED) is 0.508. The average Bonchev–Trinajstić information content (AvgIpc) is 2.60. The molecule has 3 heteroatoms. The van der Waals surface area contributed by atoms with Gasteiger partial charge in [-0.3, -0.25) is 4.90 Å². The van der Waals surface area contributed by atoms with E-state index >= 15 is 0 Å². The van der Waals surface area contributed by atoms with Crippen LogP contribution >= 0.6 is 11.3 Å². The van der Waals surface area contributed by atoms with Crippen molar-refractivity contribution in [1.82, 2.24) is 0 Å². The van der Waals surface area contributed by atoms with Gasteiger partial charge in [0.2, 0.25) is 0 Å². The number of hydrogen-bond acceptors (Lipinski definition) is 3. The van der Waals surface area contributed by atoms with E-state index in [1.54, 1.807) is 23.3 Å². The Bertz CT molecular complexity index is 467. The molecule has 0 N–H and O–H groups in total. The first kappa shape index (κ1) is 8.09. The topological polar surface area (TPSA) is 27.0 Å². The van der Waals surface area contributed by atoms with Gasteiger partial charge in [-0.25, -0.2) is 0 Å². The normalized spacial score (nSPS) is 9.85. The number of benzene rings is 1. The van der Waals surface area contributed by atoms with Crippen LogP contribution in [0.4, 0.5) is 5.69 Å². The van der Waals surface area contributed by atoms with Crippen LogP contribution in [-0.4, -0.2) is 7.05 Å². The van der Waals surface area contributed by atoms with Crippen LogP contribution in [0.3, 0.4) is 0 Å². The predicted molar refractivity (Wildman–Crippen MR) is 55.8 cm³/mol. The van der Waals surface area contributed by atoms with Crippen LogP contribution in [0.5, 0.6) is 0 Å². The highest BCUT2D eigenvalue weighted by Gasteiger charge is 2.06. The first-order chi connectivity index (χ1) is 6.33. The molecule has 0 atom stereocenters. The smallest absolute Gasteiger partial charge is 0.184 e. The number of fused-ring (bicyclic) bond motifs is 1. The lowest BCUT2D eigenvalue weighted by Gasteiger charge is -2.05. The minimum atomic E-state index is 0.989. The third-order valence-corrected chi connectivity index (χ3v) is 2.92. The minimum Gasteiger partial charge on any atom is -0.281 e. The summed E-state index contributed by atoms with van der Waals surface area (Å²) in [7, 11) is 1.77. The van der Waals surface area contributed by atoms with Gasteiger partial charge in [-0.05, 0) is 6.07 Å². The average molecular weight is 188 g/mol. The number of rotatable bonds is 1. The molecular formula is C10H8N2S. The van der Waals surface area contributed by atoms with Crippen LogP contribution in [0, 0.1) is 11.5 Å². The van der Waals surface area contributed by atoms with Gasteiger partial charge in [0, 0.05) is 22.5 Å². The lowest BCUT2D eigenvalue weighted by atomic mass is 10.2. The first-order valence-electron chi connectivity index (χ1n) is 3.92. The number of nitrogens with zero attached hydrogens (tertiary/aromatic N) is 2. The van der Waals surface area contributed by atoms with E-state index < -0.39 is 0 Å². The van der Waals surface area contributed by atoms with Gasteiger partial charge < -0.3 is 0 Å². The Hall–Kier alpha value is -1.53. The molecule has 2 rings (SSSR count). The Morgan fingerprint density at radius 1 is 1.38 bits per heavy atom. The summed E-state index contributed by atoms with van der Waals surface area (Å²) in [6, 6.07) is 8.10. The summed E-state index contributed by atoms with van der Waals surface area (Å²) in [4.78, 5) is 1.58. The molecule has 0 fully saturated rings. The van der Waals surface area contributed by atoms with E-state index in [-0.39, 0.29) is 0 Å². The van der Waals surface area contributed by atoms with Gasteiger partial charge in [-0.1, -0.05) is 18.2 Å². The van der Waals surface area contributed by atoms with Crippen molar-refractivity contribution in [2.45, 2.75) is 0 Å². The van der Waals surface area contributed by atoms with Crippen molar-refractivity contribution in [2.24, 2.45) is 0 Å². The molecule has 64 valence electrons. The highest BCUT2D eigenvalue weighted by atomic mass is 32.1. The van der Waals surface area contributed by atoms with Crippen molar-refractivity contribution in [3.05, 3.63) is 29.6 Å². The van der Waals surface area contributed by atoms with Crippen LogP contribution < -0.4 is 4.90 Å². The second-order valence-corrected chi connectivity index (χ2v) is 3.69. The molecule has 0 saturated heterocycles.